The number of thioether (sulfide) groups is 1. The zero-order valence-electron chi connectivity index (χ0n) is 15.2. The van der Waals surface area contributed by atoms with E-state index in [0.29, 0.717) is 20.8 Å². The third-order valence-electron chi connectivity index (χ3n) is 3.61. The monoisotopic (exact) mass is 413 g/mol. The van der Waals surface area contributed by atoms with E-state index in [2.05, 4.69) is 10.3 Å². The van der Waals surface area contributed by atoms with E-state index in [-0.39, 0.29) is 18.3 Å². The second-order valence-corrected chi connectivity index (χ2v) is 8.15. The molecule has 0 saturated heterocycles. The number of nitrogens with one attached hydrogen (secondary N) is 1. The summed E-state index contributed by atoms with van der Waals surface area (Å²) < 4.78 is 6.22. The summed E-state index contributed by atoms with van der Waals surface area (Å²) in [6.45, 7) is 1.85. The van der Waals surface area contributed by atoms with E-state index in [1.165, 1.54) is 23.1 Å². The number of nitrogens with zero attached hydrogens (tertiary/aromatic N) is 1. The molecule has 2 amide bonds. The number of carbonyl (C=O) groups is 2. The van der Waals surface area contributed by atoms with E-state index in [0.717, 1.165) is 11.1 Å². The topological polar surface area (TPSA) is 94.3 Å². The molecule has 6 nitrogen and oxygen atoms in total. The molecule has 0 aliphatic carbocycles. The van der Waals surface area contributed by atoms with Gasteiger partial charge in [0.1, 0.15) is 16.4 Å². The molecule has 0 aliphatic heterocycles. The van der Waals surface area contributed by atoms with Gasteiger partial charge in [-0.15, -0.1) is 0 Å². The van der Waals surface area contributed by atoms with Crippen molar-refractivity contribution in [2.75, 3.05) is 17.7 Å². The van der Waals surface area contributed by atoms with E-state index < -0.39 is 5.91 Å². The van der Waals surface area contributed by atoms with E-state index in [4.69, 9.17) is 10.5 Å². The Hall–Kier alpha value is -2.84. The van der Waals surface area contributed by atoms with Gasteiger partial charge in [0.15, 0.2) is 10.9 Å². The predicted octanol–water partition coefficient (Wildman–Crippen LogP) is 3.71. The molecule has 0 unspecified atom stereocenters. The standard InChI is InChI=1S/C20H19N3O3S2/c1-13-6-5-9-15(10-13)26-11-17(25)22-19-18(14-7-3-2-4-8-14)23-20(28-19)27-12-16(21)24/h2-10H,11-12H2,1H3,(H2,21,24)(H,22,25). The van der Waals surface area contributed by atoms with Gasteiger partial charge in [-0.1, -0.05) is 65.6 Å². The van der Waals surface area contributed by atoms with Crippen LogP contribution in [-0.2, 0) is 9.59 Å². The maximum absolute atomic E-state index is 12.4. The summed E-state index contributed by atoms with van der Waals surface area (Å²) >= 11 is 2.55. The molecule has 1 heterocycles. The van der Waals surface area contributed by atoms with Crippen LogP contribution in [0, 0.1) is 6.92 Å². The Balaban J connectivity index is 1.73. The molecule has 3 aromatic rings. The van der Waals surface area contributed by atoms with Gasteiger partial charge >= 0.3 is 0 Å². The first-order valence-corrected chi connectivity index (χ1v) is 10.3. The molecule has 0 spiro atoms. The fourth-order valence-electron chi connectivity index (χ4n) is 2.39. The third kappa shape index (κ3) is 5.58. The van der Waals surface area contributed by atoms with Crippen LogP contribution in [0.4, 0.5) is 5.00 Å². The first kappa shape index (κ1) is 19.9. The first-order valence-electron chi connectivity index (χ1n) is 8.48. The second kappa shape index (κ2) is 9.38. The highest BCUT2D eigenvalue weighted by Crippen LogP contribution is 2.37. The summed E-state index contributed by atoms with van der Waals surface area (Å²) in [5, 5.41) is 3.47. The van der Waals surface area contributed by atoms with Crippen LogP contribution in [0.3, 0.4) is 0 Å². The molecule has 0 aliphatic rings. The molecule has 0 bridgehead atoms. The fourth-order valence-corrected chi connectivity index (χ4v) is 4.21. The molecular weight excluding hydrogens is 394 g/mol. The smallest absolute Gasteiger partial charge is 0.262 e. The van der Waals surface area contributed by atoms with Crippen LogP contribution in [0.5, 0.6) is 5.75 Å². The van der Waals surface area contributed by atoms with Crippen molar-refractivity contribution < 1.29 is 14.3 Å². The summed E-state index contributed by atoms with van der Waals surface area (Å²) in [6, 6.07) is 17.0. The van der Waals surface area contributed by atoms with Gasteiger partial charge in [0.2, 0.25) is 5.91 Å². The van der Waals surface area contributed by atoms with Gasteiger partial charge < -0.3 is 15.8 Å². The zero-order chi connectivity index (χ0) is 19.9. The van der Waals surface area contributed by atoms with Crippen LogP contribution < -0.4 is 15.8 Å². The molecule has 3 N–H and O–H groups in total. The number of anilines is 1. The van der Waals surface area contributed by atoms with Crippen molar-refractivity contribution in [1.82, 2.24) is 4.98 Å². The molecule has 28 heavy (non-hydrogen) atoms. The maximum atomic E-state index is 12.4. The average molecular weight is 414 g/mol. The van der Waals surface area contributed by atoms with Crippen LogP contribution in [0.15, 0.2) is 58.9 Å². The van der Waals surface area contributed by atoms with Crippen molar-refractivity contribution in [2.24, 2.45) is 5.73 Å². The SMILES string of the molecule is Cc1cccc(OCC(=O)Nc2sc(SCC(N)=O)nc2-c2ccccc2)c1. The van der Waals surface area contributed by atoms with Gasteiger partial charge in [0, 0.05) is 5.56 Å². The lowest BCUT2D eigenvalue weighted by Crippen LogP contribution is -2.20. The number of benzene rings is 2. The van der Waals surface area contributed by atoms with Crippen LogP contribution in [0.1, 0.15) is 5.56 Å². The maximum Gasteiger partial charge on any atom is 0.262 e. The van der Waals surface area contributed by atoms with Gasteiger partial charge in [-0.2, -0.15) is 0 Å². The Morgan fingerprint density at radius 1 is 1.18 bits per heavy atom. The highest BCUT2D eigenvalue weighted by molar-refractivity contribution is 8.01. The number of aryl methyl sites for hydroxylation is 1. The molecular formula is C20H19N3O3S2. The molecule has 0 atom stereocenters. The van der Waals surface area contributed by atoms with Crippen LogP contribution in [-0.4, -0.2) is 29.2 Å². The number of primary amides is 1. The molecule has 0 radical (unpaired) electrons. The number of aromatic nitrogens is 1. The van der Waals surface area contributed by atoms with E-state index in [9.17, 15) is 9.59 Å². The number of carbonyl (C=O) groups excluding carboxylic acids is 2. The Morgan fingerprint density at radius 2 is 1.96 bits per heavy atom. The molecule has 2 aromatic carbocycles. The molecule has 1 aromatic heterocycles. The Morgan fingerprint density at radius 3 is 2.68 bits per heavy atom. The van der Waals surface area contributed by atoms with Crippen molar-refractivity contribution in [3.63, 3.8) is 0 Å². The highest BCUT2D eigenvalue weighted by Gasteiger charge is 2.16. The van der Waals surface area contributed by atoms with Crippen LogP contribution >= 0.6 is 23.1 Å². The summed E-state index contributed by atoms with van der Waals surface area (Å²) in [5.41, 5.74) is 7.80. The van der Waals surface area contributed by atoms with E-state index in [1.54, 1.807) is 6.07 Å². The fraction of sp³-hybridized carbons (Fsp3) is 0.150. The molecule has 3 rings (SSSR count). The Labute approximate surface area is 171 Å². The number of hydrogen-bond donors (Lipinski definition) is 2. The van der Waals surface area contributed by atoms with Crippen LogP contribution in [0.25, 0.3) is 11.3 Å². The predicted molar refractivity (Wildman–Crippen MR) is 113 cm³/mol. The minimum Gasteiger partial charge on any atom is -0.484 e. The summed E-state index contributed by atoms with van der Waals surface area (Å²) in [6.07, 6.45) is 0. The van der Waals surface area contributed by atoms with Crippen molar-refractivity contribution in [3.05, 3.63) is 60.2 Å². The molecule has 0 fully saturated rings. The van der Waals surface area contributed by atoms with Crippen molar-refractivity contribution >= 4 is 39.9 Å². The summed E-state index contributed by atoms with van der Waals surface area (Å²) in [7, 11) is 0. The number of rotatable bonds is 8. The summed E-state index contributed by atoms with van der Waals surface area (Å²) in [5.74, 6) is 0.0684. The molecule has 8 heteroatoms. The minimum atomic E-state index is -0.418. The third-order valence-corrected chi connectivity index (χ3v) is 5.74. The van der Waals surface area contributed by atoms with Crippen molar-refractivity contribution in [2.45, 2.75) is 11.3 Å². The van der Waals surface area contributed by atoms with Crippen LogP contribution in [0.2, 0.25) is 0 Å². The second-order valence-electron chi connectivity index (χ2n) is 5.93. The van der Waals surface area contributed by atoms with Gasteiger partial charge in [-0.05, 0) is 24.6 Å². The Kier molecular flexibility index (Phi) is 6.67. The number of amides is 2. The highest BCUT2D eigenvalue weighted by atomic mass is 32.2. The molecule has 0 saturated carbocycles. The quantitative estimate of drug-likeness (QED) is 0.549. The lowest BCUT2D eigenvalue weighted by Gasteiger charge is -2.08. The number of ether oxygens (including phenoxy) is 1. The van der Waals surface area contributed by atoms with E-state index in [1.807, 2.05) is 55.5 Å². The van der Waals surface area contributed by atoms with Gasteiger partial charge in [-0.25, -0.2) is 4.98 Å². The average Bonchev–Trinajstić information content (AvgIpc) is 3.08. The molecule has 144 valence electrons. The zero-order valence-corrected chi connectivity index (χ0v) is 16.8. The van der Waals surface area contributed by atoms with Crippen molar-refractivity contribution in [1.29, 1.82) is 0 Å². The summed E-state index contributed by atoms with van der Waals surface area (Å²) in [4.78, 5) is 28.0. The van der Waals surface area contributed by atoms with E-state index >= 15 is 0 Å². The van der Waals surface area contributed by atoms with Gasteiger partial charge in [0.05, 0.1) is 5.75 Å². The van der Waals surface area contributed by atoms with Gasteiger partial charge in [-0.3, -0.25) is 9.59 Å². The lowest BCUT2D eigenvalue weighted by atomic mass is 10.2. The number of nitrogens with two attached hydrogens (primary N) is 1. The number of hydrogen-bond acceptors (Lipinski definition) is 6. The normalized spacial score (nSPS) is 10.5. The van der Waals surface area contributed by atoms with Gasteiger partial charge in [0.25, 0.3) is 5.91 Å². The number of thiazole rings is 1. The Bertz CT molecular complexity index is 974. The van der Waals surface area contributed by atoms with Crippen molar-refractivity contribution in [3.8, 4) is 17.0 Å². The largest absolute Gasteiger partial charge is 0.484 e. The minimum absolute atomic E-state index is 0.112. The first-order chi connectivity index (χ1) is 13.5. The lowest BCUT2D eigenvalue weighted by molar-refractivity contribution is -0.118.